The molecule has 5 heteroatoms. The lowest BCUT2D eigenvalue weighted by atomic mass is 10.1. The number of hydrogen-bond acceptors (Lipinski definition) is 4. The molecule has 0 amide bonds. The Morgan fingerprint density at radius 3 is 2.33 bits per heavy atom. The number of para-hydroxylation sites is 1. The second-order valence-electron chi connectivity index (χ2n) is 6.42. The zero-order valence-corrected chi connectivity index (χ0v) is 12.5. The first-order valence-corrected chi connectivity index (χ1v) is 7.77. The van der Waals surface area contributed by atoms with Crippen LogP contribution in [-0.2, 0) is 0 Å². The topological polar surface area (TPSA) is 64.4 Å². The minimum absolute atomic E-state index is 0.0671. The minimum atomic E-state index is -0.336. The van der Waals surface area contributed by atoms with Crippen molar-refractivity contribution in [3.05, 3.63) is 28.3 Å². The summed E-state index contributed by atoms with van der Waals surface area (Å²) >= 11 is 0. The van der Waals surface area contributed by atoms with Gasteiger partial charge >= 0.3 is 5.69 Å². The zero-order valence-electron chi connectivity index (χ0n) is 12.5. The molecule has 0 heterocycles. The van der Waals surface area contributed by atoms with E-state index in [4.69, 9.17) is 4.74 Å². The predicted molar refractivity (Wildman–Crippen MR) is 81.7 cm³/mol. The van der Waals surface area contributed by atoms with E-state index in [-0.39, 0.29) is 16.7 Å². The van der Waals surface area contributed by atoms with Gasteiger partial charge in [0.25, 0.3) is 0 Å². The Bertz CT molecular complexity index is 524. The van der Waals surface area contributed by atoms with Gasteiger partial charge in [-0.3, -0.25) is 10.1 Å². The maximum Gasteiger partial charge on any atom is 0.333 e. The van der Waals surface area contributed by atoms with E-state index in [0.29, 0.717) is 29.3 Å². The smallest absolute Gasteiger partial charge is 0.333 e. The highest BCUT2D eigenvalue weighted by atomic mass is 16.6. The highest BCUT2D eigenvalue weighted by Crippen LogP contribution is 2.47. The molecule has 0 spiro atoms. The van der Waals surface area contributed by atoms with Crippen LogP contribution in [0.3, 0.4) is 0 Å². The Morgan fingerprint density at radius 1 is 1.24 bits per heavy atom. The maximum atomic E-state index is 11.5. The molecule has 0 atom stereocenters. The fourth-order valence-electron chi connectivity index (χ4n) is 2.89. The van der Waals surface area contributed by atoms with Gasteiger partial charge in [0.15, 0.2) is 5.75 Å². The van der Waals surface area contributed by atoms with Gasteiger partial charge in [-0.2, -0.15) is 0 Å². The lowest BCUT2D eigenvalue weighted by Gasteiger charge is -2.20. The third-order valence-electron chi connectivity index (χ3n) is 4.13. The molecule has 114 valence electrons. The summed E-state index contributed by atoms with van der Waals surface area (Å²) in [6.07, 6.45) is 4.88. The van der Waals surface area contributed by atoms with Crippen molar-refractivity contribution in [2.45, 2.75) is 51.7 Å². The van der Waals surface area contributed by atoms with Crippen molar-refractivity contribution in [1.29, 1.82) is 0 Å². The molecule has 3 rings (SSSR count). The molecule has 0 aromatic heterocycles. The maximum absolute atomic E-state index is 11.5. The van der Waals surface area contributed by atoms with Crippen molar-refractivity contribution in [1.82, 2.24) is 0 Å². The number of nitro groups is 1. The van der Waals surface area contributed by atoms with Crippen molar-refractivity contribution in [2.24, 2.45) is 11.8 Å². The van der Waals surface area contributed by atoms with E-state index in [1.807, 2.05) is 19.9 Å². The highest BCUT2D eigenvalue weighted by Gasteiger charge is 2.42. The molecule has 1 aromatic carbocycles. The molecule has 1 aromatic rings. The van der Waals surface area contributed by atoms with Crippen LogP contribution in [0, 0.1) is 22.0 Å². The van der Waals surface area contributed by atoms with Crippen molar-refractivity contribution >= 4 is 11.4 Å². The van der Waals surface area contributed by atoms with Crippen molar-refractivity contribution in [3.63, 3.8) is 0 Å². The predicted octanol–water partition coefficient (Wildman–Crippen LogP) is 3.98. The summed E-state index contributed by atoms with van der Waals surface area (Å²) in [5, 5.41) is 14.9. The van der Waals surface area contributed by atoms with E-state index in [2.05, 4.69) is 5.32 Å². The lowest BCUT2D eigenvalue weighted by molar-refractivity contribution is -0.385. The molecule has 2 aliphatic rings. The van der Waals surface area contributed by atoms with Gasteiger partial charge in [0, 0.05) is 6.04 Å². The van der Waals surface area contributed by atoms with Gasteiger partial charge < -0.3 is 10.1 Å². The van der Waals surface area contributed by atoms with Crippen LogP contribution in [0.1, 0.15) is 39.5 Å². The van der Waals surface area contributed by atoms with Gasteiger partial charge in [0.05, 0.1) is 11.0 Å². The molecule has 2 aliphatic carbocycles. The number of ether oxygens (including phenoxy) is 1. The minimum Gasteiger partial charge on any atom is -0.484 e. The number of anilines is 1. The Labute approximate surface area is 124 Å². The van der Waals surface area contributed by atoms with Crippen LogP contribution >= 0.6 is 0 Å². The van der Waals surface area contributed by atoms with E-state index in [1.165, 1.54) is 25.7 Å². The largest absolute Gasteiger partial charge is 0.484 e. The third kappa shape index (κ3) is 3.28. The van der Waals surface area contributed by atoms with Crippen molar-refractivity contribution in [2.75, 3.05) is 5.32 Å². The Hall–Kier alpha value is -1.78. The summed E-state index contributed by atoms with van der Waals surface area (Å²) in [5.41, 5.74) is 0.666. The first-order chi connectivity index (χ1) is 10.1. The first-order valence-electron chi connectivity index (χ1n) is 7.77. The lowest BCUT2D eigenvalue weighted by Crippen LogP contribution is -2.24. The molecule has 5 nitrogen and oxygen atoms in total. The Morgan fingerprint density at radius 2 is 1.86 bits per heavy atom. The average molecular weight is 290 g/mol. The molecule has 0 unspecified atom stereocenters. The van der Waals surface area contributed by atoms with Gasteiger partial charge in [0.2, 0.25) is 0 Å². The standard InChI is InChI=1S/C16H22N2O3/c1-10(2)21-14-5-3-4-13(16(14)18(19)20)17-15(11-6-7-11)12-8-9-12/h3-5,10-12,15,17H,6-9H2,1-2H3. The molecular weight excluding hydrogens is 268 g/mol. The normalized spacial score (nSPS) is 18.1. The third-order valence-corrected chi connectivity index (χ3v) is 4.13. The molecule has 0 bridgehead atoms. The van der Waals surface area contributed by atoms with E-state index in [0.717, 1.165) is 0 Å². The van der Waals surface area contributed by atoms with E-state index in [1.54, 1.807) is 12.1 Å². The molecule has 2 fully saturated rings. The van der Waals surface area contributed by atoms with Gasteiger partial charge in [-0.15, -0.1) is 0 Å². The van der Waals surface area contributed by atoms with E-state index in [9.17, 15) is 10.1 Å². The second-order valence-corrected chi connectivity index (χ2v) is 6.42. The van der Waals surface area contributed by atoms with Crippen LogP contribution in [0.25, 0.3) is 0 Å². The molecule has 0 saturated heterocycles. The summed E-state index contributed by atoms with van der Waals surface area (Å²) < 4.78 is 5.60. The fourth-order valence-corrected chi connectivity index (χ4v) is 2.89. The van der Waals surface area contributed by atoms with E-state index >= 15 is 0 Å². The van der Waals surface area contributed by atoms with Crippen LogP contribution < -0.4 is 10.1 Å². The van der Waals surface area contributed by atoms with Crippen molar-refractivity contribution in [3.8, 4) is 5.75 Å². The van der Waals surface area contributed by atoms with E-state index < -0.39 is 0 Å². The highest BCUT2D eigenvalue weighted by molar-refractivity contribution is 5.69. The average Bonchev–Trinajstić information content (AvgIpc) is 3.26. The van der Waals surface area contributed by atoms with Crippen molar-refractivity contribution < 1.29 is 9.66 Å². The van der Waals surface area contributed by atoms with Crippen LogP contribution in [0.4, 0.5) is 11.4 Å². The number of rotatable bonds is 7. The number of nitrogens with one attached hydrogen (secondary N) is 1. The van der Waals surface area contributed by atoms with Gasteiger partial charge in [-0.05, 0) is 63.5 Å². The number of nitrogens with zero attached hydrogens (tertiary/aromatic N) is 1. The zero-order chi connectivity index (χ0) is 15.0. The Balaban J connectivity index is 1.87. The molecule has 0 radical (unpaired) electrons. The van der Waals surface area contributed by atoms with Crippen LogP contribution in [0.15, 0.2) is 18.2 Å². The van der Waals surface area contributed by atoms with Crippen LogP contribution in [0.5, 0.6) is 5.75 Å². The quantitative estimate of drug-likeness (QED) is 0.609. The SMILES string of the molecule is CC(C)Oc1cccc(NC(C2CC2)C2CC2)c1[N+](=O)[O-]. The molecule has 1 N–H and O–H groups in total. The molecule has 0 aliphatic heterocycles. The van der Waals surface area contributed by atoms with Gasteiger partial charge in [-0.25, -0.2) is 0 Å². The number of nitro benzene ring substituents is 1. The summed E-state index contributed by atoms with van der Waals surface area (Å²) in [4.78, 5) is 11.1. The molecule has 21 heavy (non-hydrogen) atoms. The summed E-state index contributed by atoms with van der Waals surface area (Å²) in [7, 11) is 0. The summed E-state index contributed by atoms with van der Waals surface area (Å²) in [6, 6.07) is 5.68. The second kappa shape index (κ2) is 5.54. The molecular formula is C16H22N2O3. The number of benzene rings is 1. The monoisotopic (exact) mass is 290 g/mol. The summed E-state index contributed by atoms with van der Waals surface area (Å²) in [5.74, 6) is 1.73. The molecule has 2 saturated carbocycles. The Kier molecular flexibility index (Phi) is 3.74. The van der Waals surface area contributed by atoms with Crippen LogP contribution in [-0.4, -0.2) is 17.1 Å². The number of hydrogen-bond donors (Lipinski definition) is 1. The van der Waals surface area contributed by atoms with Gasteiger partial charge in [0.1, 0.15) is 5.69 Å². The summed E-state index contributed by atoms with van der Waals surface area (Å²) in [6.45, 7) is 3.75. The van der Waals surface area contributed by atoms with Gasteiger partial charge in [-0.1, -0.05) is 6.07 Å². The fraction of sp³-hybridized carbons (Fsp3) is 0.625. The van der Waals surface area contributed by atoms with Crippen LogP contribution in [0.2, 0.25) is 0 Å². The first kappa shape index (κ1) is 14.2.